The number of rotatable bonds is 4. The van der Waals surface area contributed by atoms with Crippen molar-refractivity contribution in [3.63, 3.8) is 0 Å². The van der Waals surface area contributed by atoms with Gasteiger partial charge in [-0.25, -0.2) is 0 Å². The van der Waals surface area contributed by atoms with Crippen LogP contribution < -0.4 is 0 Å². The first-order valence-electron chi connectivity index (χ1n) is 7.67. The number of aryl methyl sites for hydroxylation is 2. The van der Waals surface area contributed by atoms with Gasteiger partial charge >= 0.3 is 0 Å². The molecule has 0 spiro atoms. The molecule has 0 nitrogen and oxygen atoms in total. The van der Waals surface area contributed by atoms with Crippen LogP contribution in [0.15, 0.2) is 59.6 Å². The number of benzene rings is 1. The molecule has 0 aliphatic heterocycles. The Bertz CT molecular complexity index is 642. The molecule has 1 aromatic carbocycles. The molecule has 0 aromatic heterocycles. The lowest BCUT2D eigenvalue weighted by molar-refractivity contribution is 0.962. The van der Waals surface area contributed by atoms with Crippen molar-refractivity contribution in [2.24, 2.45) is 0 Å². The molecule has 21 heavy (non-hydrogen) atoms. The highest BCUT2D eigenvalue weighted by atomic mass is 14.2. The molecule has 1 aromatic rings. The Morgan fingerprint density at radius 2 is 2.05 bits per heavy atom. The molecule has 2 radical (unpaired) electrons. The van der Waals surface area contributed by atoms with Crippen molar-refractivity contribution < 1.29 is 0 Å². The van der Waals surface area contributed by atoms with Crippen LogP contribution in [0, 0.1) is 6.92 Å². The first-order chi connectivity index (χ1) is 10.1. The lowest BCUT2D eigenvalue weighted by atomic mass is 9.81. The molecule has 0 fully saturated rings. The van der Waals surface area contributed by atoms with Crippen LogP contribution in [0.4, 0.5) is 0 Å². The van der Waals surface area contributed by atoms with E-state index in [1.807, 2.05) is 6.08 Å². The normalized spacial score (nSPS) is 15.5. The van der Waals surface area contributed by atoms with Gasteiger partial charge in [0, 0.05) is 0 Å². The predicted molar refractivity (Wildman–Crippen MR) is 94.5 cm³/mol. The van der Waals surface area contributed by atoms with Gasteiger partial charge in [-0.3, -0.25) is 0 Å². The summed E-state index contributed by atoms with van der Waals surface area (Å²) < 4.78 is 0. The summed E-state index contributed by atoms with van der Waals surface area (Å²) in [5.41, 5.74) is 8.55. The highest BCUT2D eigenvalue weighted by molar-refractivity contribution is 6.21. The van der Waals surface area contributed by atoms with Gasteiger partial charge < -0.3 is 0 Å². The van der Waals surface area contributed by atoms with E-state index in [1.165, 1.54) is 27.8 Å². The molecule has 1 heteroatoms. The maximum atomic E-state index is 5.86. The third-order valence-electron chi connectivity index (χ3n) is 4.17. The van der Waals surface area contributed by atoms with Crippen LogP contribution in [0.5, 0.6) is 0 Å². The first-order valence-corrected chi connectivity index (χ1v) is 7.67. The number of hydrogen-bond donors (Lipinski definition) is 0. The lowest BCUT2D eigenvalue weighted by Gasteiger charge is -2.19. The van der Waals surface area contributed by atoms with E-state index in [0.29, 0.717) is 0 Å². The van der Waals surface area contributed by atoms with Gasteiger partial charge in [0.05, 0.1) is 0 Å². The van der Waals surface area contributed by atoms with E-state index in [2.05, 4.69) is 57.7 Å². The Hall–Kier alpha value is -1.76. The smallest absolute Gasteiger partial charge is 0.107 e. The van der Waals surface area contributed by atoms with Crippen LogP contribution in [0.25, 0.3) is 5.57 Å². The highest BCUT2D eigenvalue weighted by Crippen LogP contribution is 2.33. The third kappa shape index (κ3) is 3.47. The minimum Gasteiger partial charge on any atom is -0.117 e. The minimum atomic E-state index is 0.935. The number of allylic oxidation sites excluding steroid dienone is 7. The summed E-state index contributed by atoms with van der Waals surface area (Å²) in [7, 11) is 5.86. The highest BCUT2D eigenvalue weighted by Gasteiger charge is 2.13. The standard InChI is InChI=1S/C20H23B/c1-5-16-7-12-20(14(3)13-16)15(4)19(6-2)17-8-10-18(21)11-9-17/h6-8,10,12-13H,4-5,9,11H2,1-3H3/b19-6+. The average molecular weight is 274 g/mol. The summed E-state index contributed by atoms with van der Waals surface area (Å²) in [6.45, 7) is 10.8. The molecule has 1 aliphatic rings. The summed E-state index contributed by atoms with van der Waals surface area (Å²) in [4.78, 5) is 0. The summed E-state index contributed by atoms with van der Waals surface area (Å²) in [5, 5.41) is 0. The summed E-state index contributed by atoms with van der Waals surface area (Å²) in [6.07, 6.45) is 9.31. The van der Waals surface area contributed by atoms with Gasteiger partial charge in [0.25, 0.3) is 0 Å². The van der Waals surface area contributed by atoms with Gasteiger partial charge in [-0.2, -0.15) is 0 Å². The Labute approximate surface area is 130 Å². The quantitative estimate of drug-likeness (QED) is 0.517. The fourth-order valence-electron chi connectivity index (χ4n) is 2.86. The van der Waals surface area contributed by atoms with E-state index >= 15 is 0 Å². The van der Waals surface area contributed by atoms with Crippen molar-refractivity contribution in [1.82, 2.24) is 0 Å². The zero-order chi connectivity index (χ0) is 15.4. The van der Waals surface area contributed by atoms with Crippen LogP contribution in [0.1, 0.15) is 43.4 Å². The molecule has 0 unspecified atom stereocenters. The molecule has 1 aliphatic carbocycles. The van der Waals surface area contributed by atoms with Gasteiger partial charge in [-0.15, -0.1) is 5.47 Å². The largest absolute Gasteiger partial charge is 0.117 e. The zero-order valence-electron chi connectivity index (χ0n) is 13.4. The van der Waals surface area contributed by atoms with Crippen LogP contribution in [0.3, 0.4) is 0 Å². The van der Waals surface area contributed by atoms with E-state index in [9.17, 15) is 0 Å². The maximum absolute atomic E-state index is 5.86. The molecule has 0 saturated carbocycles. The molecular formula is C20H23B. The van der Waals surface area contributed by atoms with Crippen molar-refractivity contribution in [2.45, 2.75) is 40.0 Å². The van der Waals surface area contributed by atoms with Crippen LogP contribution in [-0.4, -0.2) is 7.85 Å². The van der Waals surface area contributed by atoms with Gasteiger partial charge in [0.2, 0.25) is 0 Å². The Morgan fingerprint density at radius 1 is 1.29 bits per heavy atom. The Kier molecular flexibility index (Phi) is 5.06. The zero-order valence-corrected chi connectivity index (χ0v) is 13.4. The molecule has 2 rings (SSSR count). The molecule has 0 heterocycles. The summed E-state index contributed by atoms with van der Waals surface area (Å²) >= 11 is 0. The van der Waals surface area contributed by atoms with Crippen molar-refractivity contribution >= 4 is 13.4 Å². The molecule has 106 valence electrons. The fraction of sp³-hybridized carbons (Fsp3) is 0.300. The van der Waals surface area contributed by atoms with Gasteiger partial charge in [0.1, 0.15) is 7.85 Å². The fourth-order valence-corrected chi connectivity index (χ4v) is 2.86. The first kappa shape index (κ1) is 15.6. The van der Waals surface area contributed by atoms with E-state index in [1.54, 1.807) is 0 Å². The molecule has 0 amide bonds. The van der Waals surface area contributed by atoms with Crippen molar-refractivity contribution in [1.29, 1.82) is 0 Å². The summed E-state index contributed by atoms with van der Waals surface area (Å²) in [6, 6.07) is 6.67. The average Bonchev–Trinajstić information content (AvgIpc) is 2.49. The topological polar surface area (TPSA) is 0 Å². The van der Waals surface area contributed by atoms with Crippen LogP contribution in [0.2, 0.25) is 0 Å². The second-order valence-electron chi connectivity index (χ2n) is 5.62. The van der Waals surface area contributed by atoms with Crippen LogP contribution in [-0.2, 0) is 6.42 Å². The van der Waals surface area contributed by atoms with E-state index in [-0.39, 0.29) is 0 Å². The monoisotopic (exact) mass is 274 g/mol. The molecule has 0 atom stereocenters. The summed E-state index contributed by atoms with van der Waals surface area (Å²) in [5.74, 6) is 0. The minimum absolute atomic E-state index is 0.935. The van der Waals surface area contributed by atoms with Crippen molar-refractivity contribution in [3.8, 4) is 0 Å². The predicted octanol–water partition coefficient (Wildman–Crippen LogP) is 5.29. The van der Waals surface area contributed by atoms with Crippen LogP contribution >= 0.6 is 0 Å². The number of hydrogen-bond acceptors (Lipinski definition) is 0. The molecular weight excluding hydrogens is 251 g/mol. The van der Waals surface area contributed by atoms with E-state index in [0.717, 1.165) is 30.3 Å². The Balaban J connectivity index is 2.34. The van der Waals surface area contributed by atoms with Gasteiger partial charge in [-0.05, 0) is 66.5 Å². The van der Waals surface area contributed by atoms with Crippen molar-refractivity contribution in [2.75, 3.05) is 0 Å². The second kappa shape index (κ2) is 6.80. The van der Waals surface area contributed by atoms with Gasteiger partial charge in [0.15, 0.2) is 0 Å². The van der Waals surface area contributed by atoms with E-state index in [4.69, 9.17) is 7.85 Å². The van der Waals surface area contributed by atoms with Crippen molar-refractivity contribution in [3.05, 3.63) is 76.3 Å². The van der Waals surface area contributed by atoms with Gasteiger partial charge in [-0.1, -0.05) is 49.9 Å². The molecule has 0 saturated heterocycles. The van der Waals surface area contributed by atoms with E-state index < -0.39 is 0 Å². The second-order valence-corrected chi connectivity index (χ2v) is 5.62. The SMILES string of the molecule is [B]C1=CC=C(/C(=C/C)C(=C)c2ccc(CC)cc2C)CC1. The third-order valence-corrected chi connectivity index (χ3v) is 4.17. The Morgan fingerprint density at radius 3 is 2.57 bits per heavy atom. The molecule has 0 bridgehead atoms. The molecule has 0 N–H and O–H groups in total. The lowest BCUT2D eigenvalue weighted by Crippen LogP contribution is -2.00. The maximum Gasteiger partial charge on any atom is 0.107 e.